The van der Waals surface area contributed by atoms with Crippen LogP contribution in [0.25, 0.3) is 16.7 Å². The molecule has 0 unspecified atom stereocenters. The maximum Gasteiger partial charge on any atom is 0.338 e. The lowest BCUT2D eigenvalue weighted by atomic mass is 10.1. The second-order valence-corrected chi connectivity index (χ2v) is 20.9. The largest absolute Gasteiger partial charge is 0.494 e. The van der Waals surface area contributed by atoms with Gasteiger partial charge >= 0.3 is 35.8 Å². The van der Waals surface area contributed by atoms with E-state index in [-0.39, 0.29) is 44.4 Å². The second kappa shape index (κ2) is 45.5. The highest BCUT2D eigenvalue weighted by atomic mass is 16.6. The molecular formula is C69H98O15. The van der Waals surface area contributed by atoms with Crippen molar-refractivity contribution in [2.75, 3.05) is 52.9 Å². The Morgan fingerprint density at radius 1 is 0.321 bits per heavy atom. The molecule has 84 heavy (non-hydrogen) atoms. The molecular weight excluding hydrogens is 1070 g/mol. The van der Waals surface area contributed by atoms with E-state index < -0.39 is 30.0 Å². The molecule has 0 saturated carbocycles. The summed E-state index contributed by atoms with van der Waals surface area (Å²) in [5.74, 6) is -0.162. The van der Waals surface area contributed by atoms with E-state index in [2.05, 4.69) is 19.7 Å². The second-order valence-electron chi connectivity index (χ2n) is 20.9. The predicted molar refractivity (Wildman–Crippen MR) is 329 cm³/mol. The van der Waals surface area contributed by atoms with E-state index in [0.717, 1.165) is 152 Å². The Labute approximate surface area is 501 Å². The number of rotatable bonds is 50. The summed E-state index contributed by atoms with van der Waals surface area (Å²) in [6, 6.07) is 21.9. The van der Waals surface area contributed by atoms with Gasteiger partial charge in [0, 0.05) is 19.3 Å². The van der Waals surface area contributed by atoms with Crippen LogP contribution < -0.4 is 14.2 Å². The first-order chi connectivity index (χ1) is 40.8. The molecule has 0 atom stereocenters. The van der Waals surface area contributed by atoms with Crippen LogP contribution in [0.1, 0.15) is 211 Å². The Hall–Kier alpha value is -6.90. The van der Waals surface area contributed by atoms with Gasteiger partial charge in [-0.15, -0.1) is 0 Å². The number of benzene rings is 3. The van der Waals surface area contributed by atoms with Crippen molar-refractivity contribution in [3.05, 3.63) is 109 Å². The summed E-state index contributed by atoms with van der Waals surface area (Å²) >= 11 is 0. The average molecular weight is 1170 g/mol. The smallest absolute Gasteiger partial charge is 0.338 e. The van der Waals surface area contributed by atoms with Crippen molar-refractivity contribution in [3.8, 4) is 17.2 Å². The van der Waals surface area contributed by atoms with Crippen molar-refractivity contribution in [1.29, 1.82) is 0 Å². The molecule has 3 aromatic rings. The summed E-state index contributed by atoms with van der Waals surface area (Å²) in [7, 11) is 0. The molecule has 0 aliphatic heterocycles. The third-order valence-corrected chi connectivity index (χ3v) is 14.0. The van der Waals surface area contributed by atoms with Gasteiger partial charge in [0.15, 0.2) is 6.10 Å². The van der Waals surface area contributed by atoms with Gasteiger partial charge in [-0.25, -0.2) is 14.4 Å². The number of unbranched alkanes of at least 4 members (excludes halogenated alkanes) is 21. The van der Waals surface area contributed by atoms with Crippen LogP contribution >= 0.6 is 0 Å². The molecule has 15 nitrogen and oxygen atoms in total. The zero-order valence-corrected chi connectivity index (χ0v) is 51.0. The van der Waals surface area contributed by atoms with Crippen molar-refractivity contribution in [2.45, 2.75) is 200 Å². The minimum atomic E-state index is -0.881. The molecule has 0 bridgehead atoms. The average Bonchev–Trinajstić information content (AvgIpc) is 3.68. The number of carbonyl (C=O) groups is 6. The van der Waals surface area contributed by atoms with Gasteiger partial charge in [-0.2, -0.15) is 0 Å². The monoisotopic (exact) mass is 1170 g/mol. The SMILES string of the molecule is C=C(C(=O)OCC)c1ccc(OCCCCCCCCCCC(=O)OCC(COC(=O)CCCCCCCCCCOc2ccc(C(=C)C(=O)OCC)cc2)OC(=O)CCCCCCCCCCOc2ccc(C(=C)C(=O)OCC)cc2)cc1. The Morgan fingerprint density at radius 2 is 0.560 bits per heavy atom. The van der Waals surface area contributed by atoms with E-state index in [1.807, 2.05) is 72.8 Å². The summed E-state index contributed by atoms with van der Waals surface area (Å²) in [4.78, 5) is 74.3. The van der Waals surface area contributed by atoms with Gasteiger partial charge in [0.25, 0.3) is 0 Å². The Balaban J connectivity index is 1.27. The van der Waals surface area contributed by atoms with Crippen LogP contribution in [0.3, 0.4) is 0 Å². The molecule has 0 saturated heterocycles. The quantitative estimate of drug-likeness (QED) is 0.0225. The highest BCUT2D eigenvalue weighted by Crippen LogP contribution is 2.23. The molecule has 0 fully saturated rings. The molecule has 0 aromatic heterocycles. The molecule has 0 heterocycles. The van der Waals surface area contributed by atoms with Gasteiger partial charge in [0.05, 0.1) is 56.4 Å². The number of esters is 6. The zero-order valence-electron chi connectivity index (χ0n) is 51.0. The molecule has 3 rings (SSSR count). The van der Waals surface area contributed by atoms with Crippen LogP contribution in [0.5, 0.6) is 17.2 Å². The van der Waals surface area contributed by atoms with Crippen molar-refractivity contribution < 1.29 is 71.4 Å². The normalized spacial score (nSPS) is 10.9. The number of hydrogen-bond acceptors (Lipinski definition) is 15. The number of carbonyl (C=O) groups excluding carboxylic acids is 6. The fraction of sp³-hybridized carbons (Fsp3) is 0.565. The van der Waals surface area contributed by atoms with Crippen LogP contribution in [0.4, 0.5) is 0 Å². The number of ether oxygens (including phenoxy) is 9. The molecule has 0 N–H and O–H groups in total. The van der Waals surface area contributed by atoms with Crippen LogP contribution in [0.2, 0.25) is 0 Å². The van der Waals surface area contributed by atoms with Gasteiger partial charge in [-0.1, -0.05) is 172 Å². The van der Waals surface area contributed by atoms with Crippen molar-refractivity contribution in [2.24, 2.45) is 0 Å². The third-order valence-electron chi connectivity index (χ3n) is 14.0. The lowest BCUT2D eigenvalue weighted by molar-refractivity contribution is -0.167. The molecule has 0 aliphatic carbocycles. The number of hydrogen-bond donors (Lipinski definition) is 0. The maximum absolute atomic E-state index is 13.0. The van der Waals surface area contributed by atoms with Gasteiger partial charge < -0.3 is 42.6 Å². The Bertz CT molecular complexity index is 2260. The summed E-state index contributed by atoms with van der Waals surface area (Å²) in [6.45, 7) is 19.2. The molecule has 0 spiro atoms. The summed E-state index contributed by atoms with van der Waals surface area (Å²) in [5, 5.41) is 0. The topological polar surface area (TPSA) is 185 Å². The summed E-state index contributed by atoms with van der Waals surface area (Å²) < 4.78 is 49.5. The molecule has 0 aliphatic rings. The zero-order chi connectivity index (χ0) is 60.8. The van der Waals surface area contributed by atoms with E-state index in [1.165, 1.54) is 0 Å². The third kappa shape index (κ3) is 32.8. The molecule has 0 amide bonds. The van der Waals surface area contributed by atoms with Crippen LogP contribution in [-0.4, -0.2) is 94.8 Å². The highest BCUT2D eigenvalue weighted by Gasteiger charge is 2.20. The molecule has 464 valence electrons. The molecule has 3 aromatic carbocycles. The maximum atomic E-state index is 13.0. The lowest BCUT2D eigenvalue weighted by Gasteiger charge is -2.18. The highest BCUT2D eigenvalue weighted by molar-refractivity contribution is 6.16. The minimum absolute atomic E-state index is 0.170. The van der Waals surface area contributed by atoms with Gasteiger partial charge in [0.2, 0.25) is 0 Å². The van der Waals surface area contributed by atoms with Crippen molar-refractivity contribution in [3.63, 3.8) is 0 Å². The van der Waals surface area contributed by atoms with Gasteiger partial charge in [-0.05, 0) is 112 Å². The van der Waals surface area contributed by atoms with Crippen LogP contribution in [0.15, 0.2) is 92.5 Å². The lowest BCUT2D eigenvalue weighted by Crippen LogP contribution is -2.30. The fourth-order valence-corrected chi connectivity index (χ4v) is 9.01. The first-order valence-corrected chi connectivity index (χ1v) is 31.1. The summed E-state index contributed by atoms with van der Waals surface area (Å²) in [6.07, 6.45) is 23.5. The first-order valence-electron chi connectivity index (χ1n) is 31.1. The molecule has 15 heteroatoms. The standard InChI is InChI=1S/C69H98O15/c1-7-76-67(73)54(4)57-37-43-60(44-38-57)79-49-31-25-19-13-10-16-22-28-34-64(70)82-52-63(84-66(72)36-30-24-18-12-15-21-27-33-51-81-62-47-41-59(42-48-62)56(6)69(75)78-9-3)53-83-65(71)35-29-23-17-11-14-20-26-32-50-80-61-45-39-58(40-46-61)55(5)68(74)77-8-2/h37-48,63H,4-36,49-53H2,1-3H3. The summed E-state index contributed by atoms with van der Waals surface area (Å²) in [5.41, 5.74) is 3.09. The van der Waals surface area contributed by atoms with E-state index in [4.69, 9.17) is 42.6 Å². The van der Waals surface area contributed by atoms with Crippen molar-refractivity contribution in [1.82, 2.24) is 0 Å². The van der Waals surface area contributed by atoms with Crippen LogP contribution in [0, 0.1) is 0 Å². The Kier molecular flexibility index (Phi) is 38.7. The fourth-order valence-electron chi connectivity index (χ4n) is 9.01. The first kappa shape index (κ1) is 71.4. The van der Waals surface area contributed by atoms with E-state index >= 15 is 0 Å². The van der Waals surface area contributed by atoms with E-state index in [1.54, 1.807) is 20.8 Å². The van der Waals surface area contributed by atoms with Gasteiger partial charge in [-0.3, -0.25) is 14.4 Å². The predicted octanol–water partition coefficient (Wildman–Crippen LogP) is 15.5. The van der Waals surface area contributed by atoms with Gasteiger partial charge in [0.1, 0.15) is 30.5 Å². The van der Waals surface area contributed by atoms with Crippen LogP contribution in [-0.2, 0) is 57.2 Å². The van der Waals surface area contributed by atoms with Crippen molar-refractivity contribution >= 4 is 52.5 Å². The van der Waals surface area contributed by atoms with E-state index in [0.29, 0.717) is 92.3 Å². The Morgan fingerprint density at radius 3 is 0.821 bits per heavy atom. The molecule has 0 radical (unpaired) electrons. The van der Waals surface area contributed by atoms with E-state index in [9.17, 15) is 28.8 Å². The minimum Gasteiger partial charge on any atom is -0.494 e.